The van der Waals surface area contributed by atoms with E-state index in [1.54, 1.807) is 29.5 Å². The lowest BCUT2D eigenvalue weighted by Crippen LogP contribution is -2.13. The summed E-state index contributed by atoms with van der Waals surface area (Å²) in [4.78, 5) is 19.4. The fraction of sp³-hybridized carbons (Fsp3) is 0. The van der Waals surface area contributed by atoms with Crippen LogP contribution in [0.2, 0.25) is 4.34 Å². The van der Waals surface area contributed by atoms with E-state index in [0.29, 0.717) is 15.8 Å². The van der Waals surface area contributed by atoms with Gasteiger partial charge in [0.25, 0.3) is 11.8 Å². The Kier molecular flexibility index (Phi) is 4.59. The first-order chi connectivity index (χ1) is 14.2. The number of hydrogen-bond donors (Lipinski definition) is 1. The number of nitrogens with one attached hydrogen (secondary N) is 1. The van der Waals surface area contributed by atoms with Gasteiger partial charge in [-0.3, -0.25) is 10.1 Å². The van der Waals surface area contributed by atoms with Gasteiger partial charge in [-0.2, -0.15) is 0 Å². The predicted molar refractivity (Wildman–Crippen MR) is 116 cm³/mol. The molecule has 29 heavy (non-hydrogen) atoms. The maximum Gasteiger partial charge on any atom is 0.322 e. The van der Waals surface area contributed by atoms with Crippen molar-refractivity contribution in [3.05, 3.63) is 69.9 Å². The Bertz CT molecular complexity index is 1330. The van der Waals surface area contributed by atoms with Gasteiger partial charge in [-0.1, -0.05) is 41.0 Å². The van der Waals surface area contributed by atoms with Crippen molar-refractivity contribution in [2.24, 2.45) is 0 Å². The number of halogens is 1. The average Bonchev–Trinajstić information content (AvgIpc) is 3.49. The summed E-state index contributed by atoms with van der Waals surface area (Å²) in [6.07, 6.45) is 0. The molecule has 0 spiro atoms. The number of carbonyl (C=O) groups excluding carboxylic acids is 1. The highest BCUT2D eigenvalue weighted by Crippen LogP contribution is 2.31. The normalized spacial score (nSPS) is 11.1. The number of nitrogens with zero attached hydrogens (tertiary/aromatic N) is 3. The van der Waals surface area contributed by atoms with E-state index >= 15 is 0 Å². The number of para-hydroxylation sites is 1. The maximum atomic E-state index is 13.0. The first kappa shape index (κ1) is 18.0. The lowest BCUT2D eigenvalue weighted by Gasteiger charge is -2.08. The molecule has 0 aliphatic heterocycles. The van der Waals surface area contributed by atoms with Crippen molar-refractivity contribution >= 4 is 57.1 Å². The summed E-state index contributed by atoms with van der Waals surface area (Å²) >= 11 is 8.84. The fourth-order valence-electron chi connectivity index (χ4n) is 2.88. The quantitative estimate of drug-likeness (QED) is 0.373. The van der Waals surface area contributed by atoms with E-state index in [1.807, 2.05) is 41.8 Å². The number of anilines is 1. The molecule has 4 heterocycles. The van der Waals surface area contributed by atoms with Gasteiger partial charge >= 0.3 is 6.01 Å². The molecule has 9 heteroatoms. The number of benzene rings is 1. The highest BCUT2D eigenvalue weighted by Gasteiger charge is 2.18. The molecule has 0 radical (unpaired) electrons. The van der Waals surface area contributed by atoms with Gasteiger partial charge in [-0.15, -0.1) is 27.8 Å². The molecule has 1 aromatic carbocycles. The first-order valence-electron chi connectivity index (χ1n) is 8.51. The van der Waals surface area contributed by atoms with Crippen LogP contribution in [0.15, 0.2) is 64.4 Å². The molecule has 0 unspecified atom stereocenters. The number of fused-ring (bicyclic) bond motifs is 1. The van der Waals surface area contributed by atoms with Crippen molar-refractivity contribution in [2.75, 3.05) is 5.32 Å². The number of hydrogen-bond acceptors (Lipinski definition) is 7. The molecule has 0 aliphatic carbocycles. The van der Waals surface area contributed by atoms with Gasteiger partial charge < -0.3 is 4.42 Å². The lowest BCUT2D eigenvalue weighted by molar-refractivity contribution is 0.102. The molecule has 0 fully saturated rings. The minimum atomic E-state index is -0.346. The van der Waals surface area contributed by atoms with Crippen molar-refractivity contribution in [3.8, 4) is 21.3 Å². The molecule has 6 nitrogen and oxygen atoms in total. The van der Waals surface area contributed by atoms with Crippen molar-refractivity contribution in [1.82, 2.24) is 15.2 Å². The van der Waals surface area contributed by atoms with Crippen LogP contribution in [-0.2, 0) is 0 Å². The van der Waals surface area contributed by atoms with Gasteiger partial charge in [0.2, 0.25) is 0 Å². The van der Waals surface area contributed by atoms with Crippen LogP contribution in [0.1, 0.15) is 10.4 Å². The van der Waals surface area contributed by atoms with Gasteiger partial charge in [-0.05, 0) is 35.7 Å². The maximum absolute atomic E-state index is 13.0. The first-order valence-corrected chi connectivity index (χ1v) is 10.6. The smallest absolute Gasteiger partial charge is 0.322 e. The largest absolute Gasteiger partial charge is 0.402 e. The van der Waals surface area contributed by atoms with Crippen molar-refractivity contribution in [2.45, 2.75) is 0 Å². The fourth-order valence-corrected chi connectivity index (χ4v) is 4.53. The minimum Gasteiger partial charge on any atom is -0.402 e. The number of rotatable bonds is 4. The molecule has 4 aromatic heterocycles. The van der Waals surface area contributed by atoms with Gasteiger partial charge in [0, 0.05) is 5.39 Å². The highest BCUT2D eigenvalue weighted by atomic mass is 35.5. The molecule has 0 atom stereocenters. The number of pyridine rings is 1. The molecule has 0 saturated carbocycles. The van der Waals surface area contributed by atoms with Crippen LogP contribution in [0.3, 0.4) is 0 Å². The Morgan fingerprint density at radius 3 is 2.72 bits per heavy atom. The van der Waals surface area contributed by atoms with E-state index in [-0.39, 0.29) is 11.9 Å². The summed E-state index contributed by atoms with van der Waals surface area (Å²) in [6, 6.07) is 16.8. The van der Waals surface area contributed by atoms with E-state index in [0.717, 1.165) is 26.4 Å². The molecule has 0 saturated heterocycles. The van der Waals surface area contributed by atoms with Crippen LogP contribution in [-0.4, -0.2) is 21.1 Å². The van der Waals surface area contributed by atoms with Crippen molar-refractivity contribution in [3.63, 3.8) is 0 Å². The van der Waals surface area contributed by atoms with Crippen LogP contribution >= 0.6 is 34.3 Å². The second kappa shape index (κ2) is 7.40. The number of carbonyl (C=O) groups is 1. The Hall–Kier alpha value is -3.07. The molecule has 0 aliphatic rings. The van der Waals surface area contributed by atoms with Gasteiger partial charge in [0.1, 0.15) is 0 Å². The second-order valence-electron chi connectivity index (χ2n) is 6.02. The van der Waals surface area contributed by atoms with Gasteiger partial charge in [0.05, 0.1) is 30.9 Å². The van der Waals surface area contributed by atoms with Crippen LogP contribution in [0.5, 0.6) is 0 Å². The summed E-state index contributed by atoms with van der Waals surface area (Å²) in [7, 11) is 0. The molecular weight excluding hydrogens is 428 g/mol. The zero-order chi connectivity index (χ0) is 19.8. The Morgan fingerprint density at radius 1 is 1.03 bits per heavy atom. The van der Waals surface area contributed by atoms with E-state index in [1.165, 1.54) is 11.3 Å². The third-order valence-corrected chi connectivity index (χ3v) is 6.28. The predicted octanol–water partition coefficient (Wildman–Crippen LogP) is 5.98. The van der Waals surface area contributed by atoms with Crippen LogP contribution in [0, 0.1) is 0 Å². The second-order valence-corrected chi connectivity index (χ2v) is 8.68. The number of amides is 1. The molecule has 142 valence electrons. The molecule has 5 aromatic rings. The van der Waals surface area contributed by atoms with Crippen LogP contribution in [0.25, 0.3) is 32.2 Å². The molecule has 0 bridgehead atoms. The average molecular weight is 439 g/mol. The summed E-state index contributed by atoms with van der Waals surface area (Å²) in [5.74, 6) is -0.0446. The summed E-state index contributed by atoms with van der Waals surface area (Å²) < 4.78 is 6.19. The number of thiophene rings is 2. The zero-order valence-electron chi connectivity index (χ0n) is 14.6. The van der Waals surface area contributed by atoms with E-state index in [2.05, 4.69) is 20.5 Å². The highest BCUT2D eigenvalue weighted by molar-refractivity contribution is 7.19. The third kappa shape index (κ3) is 3.53. The summed E-state index contributed by atoms with van der Waals surface area (Å²) in [6.45, 7) is 0. The minimum absolute atomic E-state index is 0.0214. The molecule has 1 amide bonds. The standard InChI is InChI=1S/C20H11ClN4O2S2/c21-17-8-7-16(29-17)19-24-25-20(27-19)23-18(26)12-10-14(15-6-3-9-28-15)22-13-5-2-1-4-11(12)13/h1-10H,(H,23,25,26). The van der Waals surface area contributed by atoms with Gasteiger partial charge in [0.15, 0.2) is 0 Å². The Labute approximate surface area is 177 Å². The summed E-state index contributed by atoms with van der Waals surface area (Å²) in [5.41, 5.74) is 1.96. The van der Waals surface area contributed by atoms with E-state index < -0.39 is 0 Å². The van der Waals surface area contributed by atoms with E-state index in [4.69, 9.17) is 16.0 Å². The monoisotopic (exact) mass is 438 g/mol. The number of aromatic nitrogens is 3. The van der Waals surface area contributed by atoms with Gasteiger partial charge in [-0.25, -0.2) is 4.98 Å². The Balaban J connectivity index is 1.50. The van der Waals surface area contributed by atoms with Crippen LogP contribution in [0.4, 0.5) is 6.01 Å². The van der Waals surface area contributed by atoms with Crippen molar-refractivity contribution in [1.29, 1.82) is 0 Å². The summed E-state index contributed by atoms with van der Waals surface area (Å²) in [5, 5.41) is 13.3. The zero-order valence-corrected chi connectivity index (χ0v) is 17.0. The molecule has 5 rings (SSSR count). The Morgan fingerprint density at radius 2 is 1.93 bits per heavy atom. The van der Waals surface area contributed by atoms with Crippen molar-refractivity contribution < 1.29 is 9.21 Å². The third-order valence-electron chi connectivity index (χ3n) is 4.16. The topological polar surface area (TPSA) is 80.9 Å². The molecular formula is C20H11ClN4O2S2. The lowest BCUT2D eigenvalue weighted by atomic mass is 10.1. The van der Waals surface area contributed by atoms with E-state index in [9.17, 15) is 4.79 Å². The SMILES string of the molecule is O=C(Nc1nnc(-c2ccc(Cl)s2)o1)c1cc(-c2cccs2)nc2ccccc12. The molecule has 1 N–H and O–H groups in total. The van der Waals surface area contributed by atoms with Crippen LogP contribution < -0.4 is 5.32 Å².